The quantitative estimate of drug-likeness (QED) is 0.340. The van der Waals surface area contributed by atoms with Crippen LogP contribution in [0.4, 0.5) is 11.5 Å². The van der Waals surface area contributed by atoms with E-state index in [0.717, 1.165) is 0 Å². The van der Waals surface area contributed by atoms with E-state index < -0.39 is 4.92 Å². The van der Waals surface area contributed by atoms with Crippen LogP contribution in [-0.2, 0) is 0 Å². The first-order chi connectivity index (χ1) is 7.70. The van der Waals surface area contributed by atoms with Crippen LogP contribution in [0.5, 0.6) is 5.88 Å². The number of rotatable bonds is 6. The Morgan fingerprint density at radius 1 is 1.69 bits per heavy atom. The van der Waals surface area contributed by atoms with E-state index in [1.165, 1.54) is 13.4 Å². The number of aromatic nitrogens is 2. The van der Waals surface area contributed by atoms with Gasteiger partial charge < -0.3 is 10.1 Å². The largest absolute Gasteiger partial charge is 0.476 e. The van der Waals surface area contributed by atoms with Crippen molar-refractivity contribution in [3.63, 3.8) is 0 Å². The molecule has 16 heavy (non-hydrogen) atoms. The molecule has 0 saturated heterocycles. The SMILES string of the molecule is C=CCCNc1ncnc(OC)c1[N+](=O)[O-]. The van der Waals surface area contributed by atoms with E-state index in [0.29, 0.717) is 13.0 Å². The summed E-state index contributed by atoms with van der Waals surface area (Å²) in [6.45, 7) is 4.07. The van der Waals surface area contributed by atoms with Gasteiger partial charge in [0.05, 0.1) is 12.0 Å². The molecule has 1 heterocycles. The minimum Gasteiger partial charge on any atom is -0.476 e. The van der Waals surface area contributed by atoms with Crippen LogP contribution in [0.15, 0.2) is 19.0 Å². The molecule has 0 aliphatic heterocycles. The van der Waals surface area contributed by atoms with Gasteiger partial charge in [-0.3, -0.25) is 10.1 Å². The number of nitro groups is 1. The third kappa shape index (κ3) is 2.66. The average molecular weight is 224 g/mol. The van der Waals surface area contributed by atoms with E-state index in [1.54, 1.807) is 6.08 Å². The lowest BCUT2D eigenvalue weighted by molar-refractivity contribution is -0.385. The average Bonchev–Trinajstić information content (AvgIpc) is 2.28. The Morgan fingerprint density at radius 3 is 3.00 bits per heavy atom. The van der Waals surface area contributed by atoms with E-state index in [9.17, 15) is 10.1 Å². The summed E-state index contributed by atoms with van der Waals surface area (Å²) < 4.78 is 4.80. The van der Waals surface area contributed by atoms with Crippen LogP contribution in [0, 0.1) is 10.1 Å². The zero-order valence-electron chi connectivity index (χ0n) is 8.84. The third-order valence-corrected chi connectivity index (χ3v) is 1.81. The fourth-order valence-corrected chi connectivity index (χ4v) is 1.10. The highest BCUT2D eigenvalue weighted by Gasteiger charge is 2.23. The maximum atomic E-state index is 10.8. The zero-order valence-corrected chi connectivity index (χ0v) is 8.84. The molecule has 0 atom stereocenters. The summed E-state index contributed by atoms with van der Waals surface area (Å²) in [6, 6.07) is 0. The van der Waals surface area contributed by atoms with Crippen molar-refractivity contribution in [2.45, 2.75) is 6.42 Å². The molecule has 1 rings (SSSR count). The molecule has 0 saturated carbocycles. The maximum Gasteiger partial charge on any atom is 0.372 e. The van der Waals surface area contributed by atoms with Crippen LogP contribution in [0.25, 0.3) is 0 Å². The predicted molar refractivity (Wildman–Crippen MR) is 58.5 cm³/mol. The molecule has 7 heteroatoms. The van der Waals surface area contributed by atoms with Crippen LogP contribution >= 0.6 is 0 Å². The highest BCUT2D eigenvalue weighted by atomic mass is 16.6. The van der Waals surface area contributed by atoms with Gasteiger partial charge in [0.25, 0.3) is 5.88 Å². The van der Waals surface area contributed by atoms with Gasteiger partial charge in [-0.1, -0.05) is 6.08 Å². The van der Waals surface area contributed by atoms with E-state index >= 15 is 0 Å². The Hall–Kier alpha value is -2.18. The topological polar surface area (TPSA) is 90.2 Å². The molecule has 0 bridgehead atoms. The number of hydrogen-bond acceptors (Lipinski definition) is 6. The summed E-state index contributed by atoms with van der Waals surface area (Å²) in [5.74, 6) is 0.0970. The number of ether oxygens (including phenoxy) is 1. The minimum atomic E-state index is -0.574. The lowest BCUT2D eigenvalue weighted by Crippen LogP contribution is -2.07. The van der Waals surface area contributed by atoms with Crippen molar-refractivity contribution >= 4 is 11.5 Å². The third-order valence-electron chi connectivity index (χ3n) is 1.81. The molecule has 86 valence electrons. The molecule has 0 radical (unpaired) electrons. The Labute approximate surface area is 92.3 Å². The molecule has 0 aromatic carbocycles. The molecule has 0 fully saturated rings. The summed E-state index contributed by atoms with van der Waals surface area (Å²) in [4.78, 5) is 17.7. The van der Waals surface area contributed by atoms with Crippen molar-refractivity contribution in [1.82, 2.24) is 9.97 Å². The second-order valence-electron chi connectivity index (χ2n) is 2.84. The van der Waals surface area contributed by atoms with Gasteiger partial charge in [0.1, 0.15) is 6.33 Å². The second-order valence-corrected chi connectivity index (χ2v) is 2.84. The Morgan fingerprint density at radius 2 is 2.44 bits per heavy atom. The summed E-state index contributed by atoms with van der Waals surface area (Å²) in [6.07, 6.45) is 3.60. The number of hydrogen-bond donors (Lipinski definition) is 1. The second kappa shape index (κ2) is 5.64. The van der Waals surface area contributed by atoms with Crippen molar-refractivity contribution < 1.29 is 9.66 Å². The molecular formula is C9H12N4O3. The van der Waals surface area contributed by atoms with E-state index in [2.05, 4.69) is 21.9 Å². The molecule has 1 N–H and O–H groups in total. The Bertz CT molecular complexity index is 394. The first-order valence-corrected chi connectivity index (χ1v) is 4.58. The van der Waals surface area contributed by atoms with Crippen LogP contribution in [-0.4, -0.2) is 28.5 Å². The smallest absolute Gasteiger partial charge is 0.372 e. The van der Waals surface area contributed by atoms with E-state index in [4.69, 9.17) is 4.74 Å². The normalized spacial score (nSPS) is 9.56. The lowest BCUT2D eigenvalue weighted by atomic mass is 10.4. The summed E-state index contributed by atoms with van der Waals surface area (Å²) in [7, 11) is 1.32. The highest BCUT2D eigenvalue weighted by Crippen LogP contribution is 2.30. The zero-order chi connectivity index (χ0) is 12.0. The molecule has 1 aromatic heterocycles. The van der Waals surface area contributed by atoms with Gasteiger partial charge in [-0.15, -0.1) is 6.58 Å². The number of nitrogens with zero attached hydrogens (tertiary/aromatic N) is 3. The van der Waals surface area contributed by atoms with Gasteiger partial charge in [-0.05, 0) is 6.42 Å². The van der Waals surface area contributed by atoms with E-state index in [1.807, 2.05) is 0 Å². The van der Waals surface area contributed by atoms with Crippen LogP contribution in [0.1, 0.15) is 6.42 Å². The van der Waals surface area contributed by atoms with Crippen molar-refractivity contribution in [2.24, 2.45) is 0 Å². The molecular weight excluding hydrogens is 212 g/mol. The van der Waals surface area contributed by atoms with Gasteiger partial charge in [0.2, 0.25) is 5.82 Å². The van der Waals surface area contributed by atoms with Crippen LogP contribution in [0.2, 0.25) is 0 Å². The molecule has 0 amide bonds. The Kier molecular flexibility index (Phi) is 4.19. The van der Waals surface area contributed by atoms with Crippen molar-refractivity contribution in [1.29, 1.82) is 0 Å². The van der Waals surface area contributed by atoms with Crippen molar-refractivity contribution in [3.05, 3.63) is 29.1 Å². The number of anilines is 1. The fourth-order valence-electron chi connectivity index (χ4n) is 1.10. The molecule has 0 aliphatic carbocycles. The molecule has 0 aliphatic rings. The standard InChI is InChI=1S/C9H12N4O3/c1-3-4-5-10-8-7(13(14)15)9(16-2)12-6-11-8/h3,6H,1,4-5H2,2H3,(H,10,11,12). The van der Waals surface area contributed by atoms with Crippen LogP contribution < -0.4 is 10.1 Å². The van der Waals surface area contributed by atoms with Crippen molar-refractivity contribution in [3.8, 4) is 5.88 Å². The lowest BCUT2D eigenvalue weighted by Gasteiger charge is -2.06. The van der Waals surface area contributed by atoms with Gasteiger partial charge in [-0.2, -0.15) is 4.98 Å². The molecule has 0 unspecified atom stereocenters. The van der Waals surface area contributed by atoms with Crippen molar-refractivity contribution in [2.75, 3.05) is 19.0 Å². The van der Waals surface area contributed by atoms with Gasteiger partial charge in [0.15, 0.2) is 0 Å². The fraction of sp³-hybridized carbons (Fsp3) is 0.333. The van der Waals surface area contributed by atoms with Gasteiger partial charge in [-0.25, -0.2) is 4.98 Å². The molecule has 1 aromatic rings. The summed E-state index contributed by atoms with van der Waals surface area (Å²) in [5, 5.41) is 13.6. The Balaban J connectivity index is 2.97. The first-order valence-electron chi connectivity index (χ1n) is 4.58. The first kappa shape index (κ1) is 11.9. The highest BCUT2D eigenvalue weighted by molar-refractivity contribution is 5.60. The van der Waals surface area contributed by atoms with Crippen LogP contribution in [0.3, 0.4) is 0 Å². The summed E-state index contributed by atoms with van der Waals surface area (Å²) >= 11 is 0. The maximum absolute atomic E-state index is 10.8. The van der Waals surface area contributed by atoms with E-state index in [-0.39, 0.29) is 17.4 Å². The predicted octanol–water partition coefficient (Wildman–Crippen LogP) is 1.38. The monoisotopic (exact) mass is 224 g/mol. The molecule has 7 nitrogen and oxygen atoms in total. The number of methoxy groups -OCH3 is 1. The van der Waals surface area contributed by atoms with Gasteiger partial charge in [0, 0.05) is 6.54 Å². The minimum absolute atomic E-state index is 0.0545. The summed E-state index contributed by atoms with van der Waals surface area (Å²) in [5.41, 5.74) is -0.255. The number of nitrogens with one attached hydrogen (secondary N) is 1. The van der Waals surface area contributed by atoms with Gasteiger partial charge >= 0.3 is 5.69 Å². The molecule has 0 spiro atoms.